The summed E-state index contributed by atoms with van der Waals surface area (Å²) in [6.07, 6.45) is 5.12. The first-order valence-corrected chi connectivity index (χ1v) is 4.32. The molecule has 0 aromatic rings. The van der Waals surface area contributed by atoms with E-state index >= 15 is 0 Å². The van der Waals surface area contributed by atoms with Crippen molar-refractivity contribution in [2.24, 2.45) is 0 Å². The van der Waals surface area contributed by atoms with Crippen LogP contribution in [-0.4, -0.2) is 18.5 Å². The second-order valence-electron chi connectivity index (χ2n) is 2.58. The molecule has 11 heavy (non-hydrogen) atoms. The molecular formula is C8H9IO2. The third kappa shape index (κ3) is 1.90. The first-order chi connectivity index (χ1) is 5.07. The van der Waals surface area contributed by atoms with Crippen LogP contribution in [0.2, 0.25) is 0 Å². The predicted octanol–water partition coefficient (Wildman–Crippen LogP) is 1.85. The molecule has 3 heteroatoms. The minimum absolute atomic E-state index is 0.0557. The van der Waals surface area contributed by atoms with Crippen LogP contribution in [0.4, 0.5) is 0 Å². The molecule has 0 spiro atoms. The quantitative estimate of drug-likeness (QED) is 0.675. The minimum Gasteiger partial charge on any atom is -0.370 e. The standard InChI is InChI=1S/C8H9IO2/c1-8(11-2)4-3-7(10)6(9)5-8/h3-5H,1-2H3. The van der Waals surface area contributed by atoms with Gasteiger partial charge in [-0.2, -0.15) is 0 Å². The fourth-order valence-corrected chi connectivity index (χ4v) is 1.62. The zero-order valence-electron chi connectivity index (χ0n) is 6.43. The van der Waals surface area contributed by atoms with Crippen molar-refractivity contribution in [2.75, 3.05) is 7.11 Å². The van der Waals surface area contributed by atoms with Crippen LogP contribution < -0.4 is 0 Å². The molecule has 0 saturated heterocycles. The Bertz CT molecular complexity index is 242. The van der Waals surface area contributed by atoms with Gasteiger partial charge in [0.25, 0.3) is 0 Å². The third-order valence-corrected chi connectivity index (χ3v) is 2.50. The first-order valence-electron chi connectivity index (χ1n) is 3.24. The molecule has 1 aliphatic carbocycles. The minimum atomic E-state index is -0.398. The van der Waals surface area contributed by atoms with E-state index < -0.39 is 5.60 Å². The molecule has 0 fully saturated rings. The zero-order valence-corrected chi connectivity index (χ0v) is 8.58. The second-order valence-corrected chi connectivity index (χ2v) is 3.74. The van der Waals surface area contributed by atoms with Crippen LogP contribution >= 0.6 is 22.6 Å². The van der Waals surface area contributed by atoms with E-state index in [1.807, 2.05) is 35.6 Å². The van der Waals surface area contributed by atoms with Gasteiger partial charge < -0.3 is 4.74 Å². The molecule has 0 saturated carbocycles. The lowest BCUT2D eigenvalue weighted by molar-refractivity contribution is -0.111. The van der Waals surface area contributed by atoms with Crippen LogP contribution in [0.15, 0.2) is 21.8 Å². The van der Waals surface area contributed by atoms with Crippen LogP contribution in [0.3, 0.4) is 0 Å². The number of halogens is 1. The Morgan fingerprint density at radius 2 is 2.27 bits per heavy atom. The van der Waals surface area contributed by atoms with E-state index in [0.717, 1.165) is 3.58 Å². The predicted molar refractivity (Wildman–Crippen MR) is 51.7 cm³/mol. The van der Waals surface area contributed by atoms with Crippen LogP contribution in [0.5, 0.6) is 0 Å². The van der Waals surface area contributed by atoms with Gasteiger partial charge in [0.1, 0.15) is 5.60 Å². The summed E-state index contributed by atoms with van der Waals surface area (Å²) in [4.78, 5) is 11.0. The van der Waals surface area contributed by atoms with Crippen LogP contribution in [0.25, 0.3) is 0 Å². The number of carbonyl (C=O) groups excluding carboxylic acids is 1. The Kier molecular flexibility index (Phi) is 2.49. The average molecular weight is 264 g/mol. The maximum absolute atomic E-state index is 11.0. The maximum Gasteiger partial charge on any atom is 0.191 e. The summed E-state index contributed by atoms with van der Waals surface area (Å²) in [6.45, 7) is 1.91. The summed E-state index contributed by atoms with van der Waals surface area (Å²) >= 11 is 2.01. The molecule has 0 heterocycles. The van der Waals surface area contributed by atoms with E-state index in [1.165, 1.54) is 0 Å². The topological polar surface area (TPSA) is 26.3 Å². The molecule has 2 nitrogen and oxygen atoms in total. The lowest BCUT2D eigenvalue weighted by Crippen LogP contribution is -2.25. The number of rotatable bonds is 1. The van der Waals surface area contributed by atoms with Gasteiger partial charge >= 0.3 is 0 Å². The number of ether oxygens (including phenoxy) is 1. The van der Waals surface area contributed by atoms with E-state index in [9.17, 15) is 4.79 Å². The van der Waals surface area contributed by atoms with Crippen molar-refractivity contribution >= 4 is 28.4 Å². The Morgan fingerprint density at radius 3 is 2.73 bits per heavy atom. The van der Waals surface area contributed by atoms with E-state index in [4.69, 9.17) is 4.74 Å². The molecule has 0 radical (unpaired) electrons. The number of carbonyl (C=O) groups is 1. The van der Waals surface area contributed by atoms with Crippen molar-refractivity contribution in [1.29, 1.82) is 0 Å². The van der Waals surface area contributed by atoms with Gasteiger partial charge in [-0.3, -0.25) is 4.79 Å². The summed E-state index contributed by atoms with van der Waals surface area (Å²) in [5.41, 5.74) is -0.398. The highest BCUT2D eigenvalue weighted by molar-refractivity contribution is 14.1. The third-order valence-electron chi connectivity index (χ3n) is 1.65. The average Bonchev–Trinajstić information content (AvgIpc) is 1.98. The fourth-order valence-electron chi connectivity index (χ4n) is 0.819. The lowest BCUT2D eigenvalue weighted by Gasteiger charge is -2.22. The van der Waals surface area contributed by atoms with E-state index in [0.29, 0.717) is 0 Å². The normalized spacial score (nSPS) is 30.5. The van der Waals surface area contributed by atoms with E-state index in [2.05, 4.69) is 0 Å². The summed E-state index contributed by atoms with van der Waals surface area (Å²) in [5.74, 6) is 0.0557. The molecule has 0 aromatic heterocycles. The molecule has 0 bridgehead atoms. The van der Waals surface area contributed by atoms with Crippen LogP contribution in [0, 0.1) is 0 Å². The number of hydrogen-bond donors (Lipinski definition) is 0. The van der Waals surface area contributed by atoms with Gasteiger partial charge in [-0.15, -0.1) is 0 Å². The highest BCUT2D eigenvalue weighted by atomic mass is 127. The number of ketones is 1. The number of hydrogen-bond acceptors (Lipinski definition) is 2. The van der Waals surface area contributed by atoms with Gasteiger partial charge in [0.2, 0.25) is 0 Å². The van der Waals surface area contributed by atoms with Crippen molar-refractivity contribution in [3.05, 3.63) is 21.8 Å². The summed E-state index contributed by atoms with van der Waals surface area (Å²) in [5, 5.41) is 0. The van der Waals surface area contributed by atoms with Crippen molar-refractivity contribution in [2.45, 2.75) is 12.5 Å². The Hall–Kier alpha value is -0.160. The molecule has 0 aromatic carbocycles. The molecule has 60 valence electrons. The Labute approximate surface area is 79.4 Å². The van der Waals surface area contributed by atoms with Gasteiger partial charge in [-0.05, 0) is 47.7 Å². The van der Waals surface area contributed by atoms with Crippen molar-refractivity contribution in [3.8, 4) is 0 Å². The molecule has 0 aliphatic heterocycles. The smallest absolute Gasteiger partial charge is 0.191 e. The first kappa shape index (κ1) is 8.93. The van der Waals surface area contributed by atoms with Gasteiger partial charge in [0, 0.05) is 7.11 Å². The Morgan fingerprint density at radius 1 is 1.64 bits per heavy atom. The molecule has 1 unspecified atom stereocenters. The zero-order chi connectivity index (χ0) is 8.48. The molecule has 0 N–H and O–H groups in total. The van der Waals surface area contributed by atoms with Crippen LogP contribution in [-0.2, 0) is 9.53 Å². The van der Waals surface area contributed by atoms with Gasteiger partial charge in [0.15, 0.2) is 5.78 Å². The van der Waals surface area contributed by atoms with Crippen molar-refractivity contribution < 1.29 is 9.53 Å². The van der Waals surface area contributed by atoms with Crippen molar-refractivity contribution in [1.82, 2.24) is 0 Å². The fraction of sp³-hybridized carbons (Fsp3) is 0.375. The van der Waals surface area contributed by atoms with E-state index in [-0.39, 0.29) is 5.78 Å². The lowest BCUT2D eigenvalue weighted by atomic mass is 10.00. The highest BCUT2D eigenvalue weighted by Crippen LogP contribution is 2.24. The molecule has 1 aliphatic rings. The summed E-state index contributed by atoms with van der Waals surface area (Å²) < 4.78 is 5.89. The molecule has 0 amide bonds. The van der Waals surface area contributed by atoms with Gasteiger partial charge in [0.05, 0.1) is 3.58 Å². The van der Waals surface area contributed by atoms with E-state index in [1.54, 1.807) is 19.3 Å². The van der Waals surface area contributed by atoms with Crippen molar-refractivity contribution in [3.63, 3.8) is 0 Å². The number of methoxy groups -OCH3 is 1. The molecular weight excluding hydrogens is 255 g/mol. The monoisotopic (exact) mass is 264 g/mol. The summed E-state index contributed by atoms with van der Waals surface area (Å²) in [7, 11) is 1.63. The second kappa shape index (κ2) is 3.06. The molecule has 1 rings (SSSR count). The van der Waals surface area contributed by atoms with Gasteiger partial charge in [-0.1, -0.05) is 0 Å². The molecule has 1 atom stereocenters. The SMILES string of the molecule is COC1(C)C=CC(=O)C(I)=C1. The Balaban J connectivity index is 2.93. The largest absolute Gasteiger partial charge is 0.370 e. The van der Waals surface area contributed by atoms with Gasteiger partial charge in [-0.25, -0.2) is 0 Å². The highest BCUT2D eigenvalue weighted by Gasteiger charge is 2.22. The van der Waals surface area contributed by atoms with Crippen LogP contribution in [0.1, 0.15) is 6.92 Å². The summed E-state index contributed by atoms with van der Waals surface area (Å²) in [6, 6.07) is 0. The number of allylic oxidation sites excluding steroid dienone is 2. The maximum atomic E-state index is 11.0.